The lowest BCUT2D eigenvalue weighted by Crippen LogP contribution is -2.51. The Hall–Kier alpha value is -1.75. The summed E-state index contributed by atoms with van der Waals surface area (Å²) in [6, 6.07) is 6.52. The molecule has 18 heavy (non-hydrogen) atoms. The van der Waals surface area contributed by atoms with Crippen molar-refractivity contribution in [2.45, 2.75) is 19.3 Å². The van der Waals surface area contributed by atoms with Gasteiger partial charge >= 0.3 is 6.03 Å². The maximum atomic E-state index is 12.0. The Morgan fingerprint density at radius 2 is 1.67 bits per heavy atom. The van der Waals surface area contributed by atoms with Crippen molar-refractivity contribution in [3.63, 3.8) is 0 Å². The van der Waals surface area contributed by atoms with E-state index in [1.54, 1.807) is 38.1 Å². The van der Waals surface area contributed by atoms with E-state index < -0.39 is 11.4 Å². The van der Waals surface area contributed by atoms with Gasteiger partial charge in [0.05, 0.1) is 5.41 Å². The molecule has 0 radical (unpaired) electrons. The minimum Gasteiger partial charge on any atom is -0.340 e. The molecule has 1 aromatic carbocycles. The molecular formula is C12H16ClN3O2. The molecule has 0 heterocycles. The first kappa shape index (κ1) is 14.3. The number of nitrogens with one attached hydrogen (secondary N) is 3. The molecule has 3 N–H and O–H groups in total. The number of amides is 3. The number of hydrogen-bond donors (Lipinski definition) is 3. The molecule has 1 aromatic rings. The minimum absolute atomic E-state index is 0.312. The molecule has 98 valence electrons. The van der Waals surface area contributed by atoms with Crippen LogP contribution >= 0.6 is 11.6 Å². The van der Waals surface area contributed by atoms with Gasteiger partial charge in [0.1, 0.15) is 0 Å². The maximum absolute atomic E-state index is 12.0. The summed E-state index contributed by atoms with van der Waals surface area (Å²) < 4.78 is 0. The zero-order valence-corrected chi connectivity index (χ0v) is 11.3. The molecule has 5 nitrogen and oxygen atoms in total. The van der Waals surface area contributed by atoms with Gasteiger partial charge in [0.15, 0.2) is 0 Å². The fourth-order valence-electron chi connectivity index (χ4n) is 1.33. The highest BCUT2D eigenvalue weighted by molar-refractivity contribution is 6.30. The maximum Gasteiger partial charge on any atom is 0.333 e. The number of carbonyl (C=O) groups is 2. The Balaban J connectivity index is 2.76. The molecule has 6 heteroatoms. The standard InChI is InChI=1S/C12H16ClN3O2/c1-12(2,8-4-6-9(13)7-5-8)10(17)15-16-11(18)14-3/h4-7H,1-3H3,(H,15,17)(H2,14,16,18). The molecule has 0 saturated carbocycles. The van der Waals surface area contributed by atoms with Crippen molar-refractivity contribution in [1.29, 1.82) is 0 Å². The van der Waals surface area contributed by atoms with Crippen molar-refractivity contribution < 1.29 is 9.59 Å². The molecule has 3 amide bonds. The van der Waals surface area contributed by atoms with Gasteiger partial charge in [-0.3, -0.25) is 10.2 Å². The van der Waals surface area contributed by atoms with Crippen molar-refractivity contribution in [3.05, 3.63) is 34.9 Å². The quantitative estimate of drug-likeness (QED) is 0.714. The Labute approximate surface area is 111 Å². The van der Waals surface area contributed by atoms with E-state index in [1.807, 2.05) is 0 Å². The monoisotopic (exact) mass is 269 g/mol. The van der Waals surface area contributed by atoms with Crippen LogP contribution in [0.3, 0.4) is 0 Å². The molecule has 0 aliphatic carbocycles. The first-order valence-electron chi connectivity index (χ1n) is 5.42. The summed E-state index contributed by atoms with van der Waals surface area (Å²) >= 11 is 5.80. The van der Waals surface area contributed by atoms with E-state index in [2.05, 4.69) is 16.2 Å². The van der Waals surface area contributed by atoms with Crippen LogP contribution in [-0.2, 0) is 10.2 Å². The van der Waals surface area contributed by atoms with Crippen LogP contribution in [0.15, 0.2) is 24.3 Å². The summed E-state index contributed by atoms with van der Waals surface area (Å²) in [5, 5.41) is 2.95. The summed E-state index contributed by atoms with van der Waals surface area (Å²) in [4.78, 5) is 23.0. The van der Waals surface area contributed by atoms with Gasteiger partial charge in [-0.05, 0) is 31.5 Å². The smallest absolute Gasteiger partial charge is 0.333 e. The summed E-state index contributed by atoms with van der Waals surface area (Å²) in [7, 11) is 1.46. The Morgan fingerprint density at radius 1 is 1.11 bits per heavy atom. The van der Waals surface area contributed by atoms with Gasteiger partial charge < -0.3 is 5.32 Å². The van der Waals surface area contributed by atoms with E-state index in [-0.39, 0.29) is 5.91 Å². The van der Waals surface area contributed by atoms with E-state index >= 15 is 0 Å². The van der Waals surface area contributed by atoms with Crippen molar-refractivity contribution >= 4 is 23.5 Å². The second-order valence-corrected chi connectivity index (χ2v) is 4.73. The van der Waals surface area contributed by atoms with Gasteiger partial charge in [0.25, 0.3) is 0 Å². The molecule has 0 saturated heterocycles. The predicted molar refractivity (Wildman–Crippen MR) is 70.2 cm³/mol. The zero-order chi connectivity index (χ0) is 13.8. The largest absolute Gasteiger partial charge is 0.340 e. The van der Waals surface area contributed by atoms with Gasteiger partial charge in [-0.15, -0.1) is 0 Å². The average molecular weight is 270 g/mol. The van der Waals surface area contributed by atoms with Crippen LogP contribution in [0.2, 0.25) is 5.02 Å². The zero-order valence-electron chi connectivity index (χ0n) is 10.5. The first-order valence-corrected chi connectivity index (χ1v) is 5.80. The third-order valence-corrected chi connectivity index (χ3v) is 2.90. The molecule has 0 aliphatic rings. The van der Waals surface area contributed by atoms with Gasteiger partial charge in [-0.1, -0.05) is 23.7 Å². The average Bonchev–Trinajstić information content (AvgIpc) is 2.35. The van der Waals surface area contributed by atoms with E-state index in [0.29, 0.717) is 5.02 Å². The van der Waals surface area contributed by atoms with Crippen LogP contribution in [0.5, 0.6) is 0 Å². The number of benzene rings is 1. The molecule has 0 bridgehead atoms. The van der Waals surface area contributed by atoms with Crippen LogP contribution < -0.4 is 16.2 Å². The number of halogens is 1. The van der Waals surface area contributed by atoms with E-state index in [0.717, 1.165) is 5.56 Å². The van der Waals surface area contributed by atoms with Crippen LogP contribution in [0.4, 0.5) is 4.79 Å². The molecule has 0 atom stereocenters. The highest BCUT2D eigenvalue weighted by Crippen LogP contribution is 2.24. The van der Waals surface area contributed by atoms with Gasteiger partial charge in [-0.25, -0.2) is 10.2 Å². The highest BCUT2D eigenvalue weighted by atomic mass is 35.5. The number of hydrogen-bond acceptors (Lipinski definition) is 2. The lowest BCUT2D eigenvalue weighted by atomic mass is 9.84. The topological polar surface area (TPSA) is 70.2 Å². The van der Waals surface area contributed by atoms with Crippen molar-refractivity contribution in [1.82, 2.24) is 16.2 Å². The molecule has 0 aliphatic heterocycles. The Kier molecular flexibility index (Phi) is 4.55. The van der Waals surface area contributed by atoms with Crippen molar-refractivity contribution in [3.8, 4) is 0 Å². The molecule has 1 rings (SSSR count). The second-order valence-electron chi connectivity index (χ2n) is 4.29. The minimum atomic E-state index is -0.772. The number of rotatable bonds is 2. The van der Waals surface area contributed by atoms with E-state index in [1.165, 1.54) is 7.05 Å². The first-order chi connectivity index (χ1) is 8.37. The van der Waals surface area contributed by atoms with E-state index in [9.17, 15) is 9.59 Å². The van der Waals surface area contributed by atoms with Gasteiger partial charge in [-0.2, -0.15) is 0 Å². The number of carbonyl (C=O) groups excluding carboxylic acids is 2. The predicted octanol–water partition coefficient (Wildman–Crippen LogP) is 1.58. The molecule has 0 unspecified atom stereocenters. The Morgan fingerprint density at radius 3 is 2.17 bits per heavy atom. The molecule has 0 aromatic heterocycles. The summed E-state index contributed by atoms with van der Waals surface area (Å²) in [5.41, 5.74) is 4.63. The number of urea groups is 1. The second kappa shape index (κ2) is 5.73. The molecular weight excluding hydrogens is 254 g/mol. The third kappa shape index (κ3) is 3.37. The fraction of sp³-hybridized carbons (Fsp3) is 0.333. The highest BCUT2D eigenvalue weighted by Gasteiger charge is 2.29. The van der Waals surface area contributed by atoms with Gasteiger partial charge in [0, 0.05) is 12.1 Å². The lowest BCUT2D eigenvalue weighted by Gasteiger charge is -2.24. The van der Waals surface area contributed by atoms with Crippen molar-refractivity contribution in [2.75, 3.05) is 7.05 Å². The summed E-state index contributed by atoms with van der Waals surface area (Å²) in [6.07, 6.45) is 0. The SMILES string of the molecule is CNC(=O)NNC(=O)C(C)(C)c1ccc(Cl)cc1. The lowest BCUT2D eigenvalue weighted by molar-refractivity contribution is -0.126. The van der Waals surface area contributed by atoms with Crippen LogP contribution in [-0.4, -0.2) is 19.0 Å². The summed E-state index contributed by atoms with van der Waals surface area (Å²) in [6.45, 7) is 3.52. The molecule has 0 fully saturated rings. The van der Waals surface area contributed by atoms with Crippen LogP contribution in [0, 0.1) is 0 Å². The van der Waals surface area contributed by atoms with Crippen LogP contribution in [0.1, 0.15) is 19.4 Å². The van der Waals surface area contributed by atoms with Crippen LogP contribution in [0.25, 0.3) is 0 Å². The Bertz CT molecular complexity index is 443. The number of hydrazine groups is 1. The molecule has 0 spiro atoms. The van der Waals surface area contributed by atoms with E-state index in [4.69, 9.17) is 11.6 Å². The third-order valence-electron chi connectivity index (χ3n) is 2.65. The normalized spacial score (nSPS) is 10.7. The van der Waals surface area contributed by atoms with Crippen molar-refractivity contribution in [2.24, 2.45) is 0 Å². The summed E-state index contributed by atoms with van der Waals surface area (Å²) in [5.74, 6) is -0.312. The fourth-order valence-corrected chi connectivity index (χ4v) is 1.46. The van der Waals surface area contributed by atoms with Gasteiger partial charge in [0.2, 0.25) is 5.91 Å².